The molecule has 0 bridgehead atoms. The lowest BCUT2D eigenvalue weighted by Gasteiger charge is -2.14. The highest BCUT2D eigenvalue weighted by molar-refractivity contribution is 5.40. The monoisotopic (exact) mass is 821 g/mol. The van der Waals surface area contributed by atoms with Crippen LogP contribution in [0.25, 0.3) is 0 Å². The van der Waals surface area contributed by atoms with Gasteiger partial charge in [-0.05, 0) is 101 Å². The SMILES string of the molecule is CCc1cc(C)ccc1OCc1ccccc1CC#N.CCc1ccc(OCc2ccccc2CC#N)c(C)c1.N#CCc1ccccc1COc1ccccc1C(F)(F)F. The van der Waals surface area contributed by atoms with Gasteiger partial charge in [-0.3, -0.25) is 0 Å². The van der Waals surface area contributed by atoms with Gasteiger partial charge in [0.25, 0.3) is 0 Å². The number of aryl methyl sites for hydroxylation is 4. The van der Waals surface area contributed by atoms with Crippen molar-refractivity contribution in [3.05, 3.63) is 195 Å². The molecule has 0 aliphatic carbocycles. The van der Waals surface area contributed by atoms with Gasteiger partial charge in [0.1, 0.15) is 37.1 Å². The molecule has 312 valence electrons. The van der Waals surface area contributed by atoms with Crippen LogP contribution in [0.1, 0.15) is 75.0 Å². The van der Waals surface area contributed by atoms with Gasteiger partial charge in [-0.25, -0.2) is 0 Å². The highest BCUT2D eigenvalue weighted by Gasteiger charge is 2.34. The van der Waals surface area contributed by atoms with Gasteiger partial charge in [0.2, 0.25) is 0 Å². The number of halogens is 3. The average Bonchev–Trinajstić information content (AvgIpc) is 3.26. The van der Waals surface area contributed by atoms with Gasteiger partial charge >= 0.3 is 6.18 Å². The first-order chi connectivity index (χ1) is 29.5. The molecule has 0 atom stereocenters. The molecule has 61 heavy (non-hydrogen) atoms. The minimum Gasteiger partial charge on any atom is -0.489 e. The second-order valence-corrected chi connectivity index (χ2v) is 14.1. The van der Waals surface area contributed by atoms with Crippen LogP contribution in [0.15, 0.2) is 133 Å². The van der Waals surface area contributed by atoms with Crippen LogP contribution in [-0.2, 0) is 58.1 Å². The average molecular weight is 822 g/mol. The number of hydrogen-bond acceptors (Lipinski definition) is 6. The molecule has 0 spiro atoms. The Hall–Kier alpha value is -7.02. The molecule has 0 N–H and O–H groups in total. The molecule has 0 radical (unpaired) electrons. The summed E-state index contributed by atoms with van der Waals surface area (Å²) in [5.41, 5.74) is 9.84. The first-order valence-electron chi connectivity index (χ1n) is 20.1. The van der Waals surface area contributed by atoms with E-state index in [0.29, 0.717) is 31.6 Å². The summed E-state index contributed by atoms with van der Waals surface area (Å²) in [4.78, 5) is 0. The number of para-hydroxylation sites is 1. The number of ether oxygens (including phenoxy) is 3. The lowest BCUT2D eigenvalue weighted by atomic mass is 10.1. The Bertz CT molecular complexity index is 2450. The highest BCUT2D eigenvalue weighted by Crippen LogP contribution is 2.36. The molecule has 0 saturated carbocycles. The van der Waals surface area contributed by atoms with E-state index in [2.05, 4.69) is 64.1 Å². The van der Waals surface area contributed by atoms with Crippen LogP contribution in [0.2, 0.25) is 0 Å². The first-order valence-corrected chi connectivity index (χ1v) is 20.1. The molecular weight excluding hydrogens is 772 g/mol. The summed E-state index contributed by atoms with van der Waals surface area (Å²) in [5, 5.41) is 26.4. The predicted molar refractivity (Wildman–Crippen MR) is 233 cm³/mol. The van der Waals surface area contributed by atoms with Crippen molar-refractivity contribution in [1.29, 1.82) is 15.8 Å². The minimum absolute atomic E-state index is 0.00898. The molecule has 6 nitrogen and oxygen atoms in total. The molecule has 9 heteroatoms. The number of hydrogen-bond donors (Lipinski definition) is 0. The zero-order valence-corrected chi connectivity index (χ0v) is 35.1. The second kappa shape index (κ2) is 24.2. The van der Waals surface area contributed by atoms with E-state index in [4.69, 9.17) is 30.0 Å². The van der Waals surface area contributed by atoms with Crippen molar-refractivity contribution in [2.75, 3.05) is 0 Å². The normalized spacial score (nSPS) is 10.4. The van der Waals surface area contributed by atoms with Crippen molar-refractivity contribution in [2.45, 2.75) is 85.8 Å². The summed E-state index contributed by atoms with van der Waals surface area (Å²) in [6.07, 6.45) is -1.42. The largest absolute Gasteiger partial charge is 0.489 e. The van der Waals surface area contributed by atoms with E-state index in [1.165, 1.54) is 34.9 Å². The van der Waals surface area contributed by atoms with Crippen LogP contribution in [0.4, 0.5) is 13.2 Å². The van der Waals surface area contributed by atoms with Gasteiger partial charge in [-0.15, -0.1) is 0 Å². The highest BCUT2D eigenvalue weighted by atomic mass is 19.4. The van der Waals surface area contributed by atoms with Crippen molar-refractivity contribution in [3.63, 3.8) is 0 Å². The van der Waals surface area contributed by atoms with Crippen molar-refractivity contribution in [2.24, 2.45) is 0 Å². The van der Waals surface area contributed by atoms with E-state index < -0.39 is 11.7 Å². The van der Waals surface area contributed by atoms with Crippen molar-refractivity contribution >= 4 is 0 Å². The van der Waals surface area contributed by atoms with E-state index in [-0.39, 0.29) is 18.8 Å². The molecule has 0 aliphatic rings. The Morgan fingerprint density at radius 1 is 0.459 bits per heavy atom. The Kier molecular flexibility index (Phi) is 18.5. The molecule has 0 amide bonds. The zero-order chi connectivity index (χ0) is 44.0. The maximum atomic E-state index is 12.9. The van der Waals surface area contributed by atoms with Gasteiger partial charge in [-0.2, -0.15) is 29.0 Å². The third-order valence-corrected chi connectivity index (χ3v) is 9.75. The van der Waals surface area contributed by atoms with E-state index in [1.54, 1.807) is 24.3 Å². The Labute approximate surface area is 358 Å². The zero-order valence-electron chi connectivity index (χ0n) is 35.1. The summed E-state index contributed by atoms with van der Waals surface area (Å²) in [6.45, 7) is 9.43. The fraction of sp³-hybridized carbons (Fsp3) is 0.250. The lowest BCUT2D eigenvalue weighted by Crippen LogP contribution is -2.09. The molecule has 0 aromatic heterocycles. The molecule has 0 saturated heterocycles. The number of benzene rings is 6. The Balaban J connectivity index is 0.000000202. The van der Waals surface area contributed by atoms with Gasteiger partial charge in [0.05, 0.1) is 43.0 Å². The van der Waals surface area contributed by atoms with Crippen LogP contribution in [0.3, 0.4) is 0 Å². The fourth-order valence-electron chi connectivity index (χ4n) is 6.38. The third kappa shape index (κ3) is 14.6. The maximum absolute atomic E-state index is 12.9. The molecule has 0 aliphatic heterocycles. The van der Waals surface area contributed by atoms with Crippen LogP contribution < -0.4 is 14.2 Å². The van der Waals surface area contributed by atoms with Crippen LogP contribution in [-0.4, -0.2) is 0 Å². The summed E-state index contributed by atoms with van der Waals surface area (Å²) in [7, 11) is 0. The lowest BCUT2D eigenvalue weighted by molar-refractivity contribution is -0.139. The summed E-state index contributed by atoms with van der Waals surface area (Å²) in [6, 6.07) is 47.0. The van der Waals surface area contributed by atoms with Crippen molar-refractivity contribution < 1.29 is 27.4 Å². The molecule has 0 heterocycles. The molecule has 6 rings (SSSR count). The summed E-state index contributed by atoms with van der Waals surface area (Å²) >= 11 is 0. The number of nitrogens with zero attached hydrogens (tertiary/aromatic N) is 3. The second-order valence-electron chi connectivity index (χ2n) is 14.1. The number of alkyl halides is 3. The topological polar surface area (TPSA) is 99.1 Å². The Morgan fingerprint density at radius 3 is 1.33 bits per heavy atom. The van der Waals surface area contributed by atoms with Crippen LogP contribution in [0, 0.1) is 47.8 Å². The quantitative estimate of drug-likeness (QED) is 0.108. The predicted octanol–water partition coefficient (Wildman–Crippen LogP) is 12.8. The molecular formula is C52H50F3N3O3. The third-order valence-electron chi connectivity index (χ3n) is 9.75. The van der Waals surface area contributed by atoms with Crippen molar-refractivity contribution in [1.82, 2.24) is 0 Å². The summed E-state index contributed by atoms with van der Waals surface area (Å²) < 4.78 is 55.7. The van der Waals surface area contributed by atoms with E-state index in [9.17, 15) is 13.2 Å². The van der Waals surface area contributed by atoms with Crippen LogP contribution in [0.5, 0.6) is 17.2 Å². The Morgan fingerprint density at radius 2 is 0.885 bits per heavy atom. The van der Waals surface area contributed by atoms with Crippen LogP contribution >= 0.6 is 0 Å². The number of nitriles is 3. The smallest absolute Gasteiger partial charge is 0.419 e. The van der Waals surface area contributed by atoms with Gasteiger partial charge in [0.15, 0.2) is 0 Å². The maximum Gasteiger partial charge on any atom is 0.419 e. The standard InChI is InChI=1S/2C18H19NO.C16H12F3NO/c1-3-15-8-9-18(14(2)12-15)20-13-17-7-5-4-6-16(17)10-11-19;1-3-15-12-14(2)8-9-18(15)20-13-17-7-5-4-6-16(17)10-11-19;17-16(18,19)14-7-3-4-8-15(14)21-11-13-6-2-1-5-12(13)9-10-20/h2*4-9,12H,3,10,13H2,1-2H3;1-8H,9,11H2. The van der Waals surface area contributed by atoms with E-state index in [1.807, 2.05) is 66.7 Å². The first kappa shape index (κ1) is 46.7. The molecule has 6 aromatic carbocycles. The van der Waals surface area contributed by atoms with E-state index >= 15 is 0 Å². The summed E-state index contributed by atoms with van der Waals surface area (Å²) in [5.74, 6) is 1.63. The van der Waals surface area contributed by atoms with E-state index in [0.717, 1.165) is 63.8 Å². The van der Waals surface area contributed by atoms with Gasteiger partial charge in [-0.1, -0.05) is 129 Å². The molecule has 0 fully saturated rings. The molecule has 0 unspecified atom stereocenters. The van der Waals surface area contributed by atoms with Crippen molar-refractivity contribution in [3.8, 4) is 35.5 Å². The minimum atomic E-state index is -4.46. The van der Waals surface area contributed by atoms with Gasteiger partial charge in [0, 0.05) is 0 Å². The number of rotatable bonds is 14. The fourth-order valence-corrected chi connectivity index (χ4v) is 6.38. The van der Waals surface area contributed by atoms with Gasteiger partial charge < -0.3 is 14.2 Å². The molecule has 6 aromatic rings.